The van der Waals surface area contributed by atoms with E-state index in [2.05, 4.69) is 10.1 Å². The van der Waals surface area contributed by atoms with Gasteiger partial charge >= 0.3 is 12.8 Å². The van der Waals surface area contributed by atoms with Crippen LogP contribution in [0.5, 0.6) is 5.75 Å². The highest BCUT2D eigenvalue weighted by Crippen LogP contribution is 2.33. The Kier molecular flexibility index (Phi) is 12.8. The maximum atomic E-state index is 13.3. The summed E-state index contributed by atoms with van der Waals surface area (Å²) in [6, 6.07) is 15.7. The second-order valence-electron chi connectivity index (χ2n) is 11.0. The van der Waals surface area contributed by atoms with Crippen molar-refractivity contribution in [2.45, 2.75) is 49.2 Å². The first-order valence-electron chi connectivity index (χ1n) is 15.1. The predicted octanol–water partition coefficient (Wildman–Crippen LogP) is 5.90. The fraction of sp³-hybridized carbons (Fsp3) is 0.424. The molecule has 0 aromatic heterocycles. The van der Waals surface area contributed by atoms with Gasteiger partial charge in [0.05, 0.1) is 61.3 Å². The van der Waals surface area contributed by atoms with Crippen LogP contribution in [0.15, 0.2) is 77.7 Å². The normalized spacial score (nSPS) is 17.5. The third-order valence-electron chi connectivity index (χ3n) is 7.78. The van der Waals surface area contributed by atoms with E-state index in [4.69, 9.17) is 14.2 Å². The minimum Gasteiger partial charge on any atom is -0.489 e. The molecule has 262 valence electrons. The lowest BCUT2D eigenvalue weighted by atomic mass is 10.1. The number of halogens is 5. The third kappa shape index (κ3) is 10.1. The Morgan fingerprint density at radius 1 is 0.979 bits per heavy atom. The van der Waals surface area contributed by atoms with E-state index < -0.39 is 52.3 Å². The summed E-state index contributed by atoms with van der Waals surface area (Å²) < 4.78 is 110. The molecule has 1 aliphatic heterocycles. The number of carbonyl (C=O) groups excluding carboxylic acids is 1. The highest BCUT2D eigenvalue weighted by molar-refractivity contribution is 7.91. The molecule has 1 saturated heterocycles. The fourth-order valence-corrected chi connectivity index (χ4v) is 6.10. The number of hydrogen-bond donors (Lipinski definition) is 1. The summed E-state index contributed by atoms with van der Waals surface area (Å²) in [6.07, 6.45) is -4.76. The topological polar surface area (TPSA) is 103 Å². The first kappa shape index (κ1) is 37.0. The van der Waals surface area contributed by atoms with Gasteiger partial charge in [-0.2, -0.15) is 22.0 Å². The van der Waals surface area contributed by atoms with E-state index in [0.29, 0.717) is 23.4 Å². The molecule has 3 aromatic carbocycles. The fourth-order valence-electron chi connectivity index (χ4n) is 5.22. The van der Waals surface area contributed by atoms with Crippen molar-refractivity contribution in [2.24, 2.45) is 0 Å². The Hall–Kier alpha value is -3.79. The molecule has 1 N–H and O–H groups in total. The van der Waals surface area contributed by atoms with Gasteiger partial charge in [0.2, 0.25) is 0 Å². The van der Waals surface area contributed by atoms with Gasteiger partial charge in [-0.3, -0.25) is 4.79 Å². The van der Waals surface area contributed by atoms with Crippen LogP contribution < -0.4 is 15.0 Å². The first-order valence-corrected chi connectivity index (χ1v) is 16.8. The van der Waals surface area contributed by atoms with E-state index in [1.54, 1.807) is 48.2 Å². The predicted molar refractivity (Wildman–Crippen MR) is 167 cm³/mol. The van der Waals surface area contributed by atoms with Crippen molar-refractivity contribution < 1.29 is 54.1 Å². The number of nitrogens with one attached hydrogen (secondary N) is 1. The number of anilines is 1. The van der Waals surface area contributed by atoms with Crippen LogP contribution >= 0.6 is 0 Å². The molecule has 48 heavy (non-hydrogen) atoms. The van der Waals surface area contributed by atoms with Crippen LogP contribution in [-0.2, 0) is 30.2 Å². The second-order valence-corrected chi connectivity index (χ2v) is 13.3. The smallest absolute Gasteiger partial charge is 0.416 e. The van der Waals surface area contributed by atoms with Gasteiger partial charge in [0.1, 0.15) is 11.9 Å². The van der Waals surface area contributed by atoms with Gasteiger partial charge in [-0.15, -0.1) is 0 Å². The Morgan fingerprint density at radius 2 is 1.65 bits per heavy atom. The molecular formula is C33H37F5N2O7S. The molecule has 1 aliphatic rings. The summed E-state index contributed by atoms with van der Waals surface area (Å²) in [5.41, 5.74) is 0.703. The number of benzene rings is 3. The maximum absolute atomic E-state index is 13.3. The average Bonchev–Trinajstić information content (AvgIpc) is 3.47. The molecular weight excluding hydrogens is 663 g/mol. The molecule has 4 rings (SSSR count). The molecule has 1 fully saturated rings. The summed E-state index contributed by atoms with van der Waals surface area (Å²) >= 11 is 0. The Labute approximate surface area is 275 Å². The largest absolute Gasteiger partial charge is 0.489 e. The quantitative estimate of drug-likeness (QED) is 0.146. The van der Waals surface area contributed by atoms with Crippen molar-refractivity contribution >= 4 is 21.4 Å². The zero-order chi connectivity index (χ0) is 34.9. The van der Waals surface area contributed by atoms with Gasteiger partial charge in [0.15, 0.2) is 9.84 Å². The van der Waals surface area contributed by atoms with Gasteiger partial charge in [0, 0.05) is 24.8 Å². The molecule has 15 heteroatoms. The number of methoxy groups -OCH3 is 1. The number of hydrogen-bond acceptors (Lipinski definition) is 8. The van der Waals surface area contributed by atoms with Crippen molar-refractivity contribution in [1.82, 2.24) is 5.32 Å². The molecule has 3 aromatic rings. The third-order valence-corrected chi connectivity index (χ3v) is 9.53. The van der Waals surface area contributed by atoms with Crippen molar-refractivity contribution in [3.8, 4) is 5.75 Å². The molecule has 1 heterocycles. The number of carbonyl (C=O) groups is 1. The van der Waals surface area contributed by atoms with Crippen molar-refractivity contribution in [2.75, 3.05) is 50.7 Å². The van der Waals surface area contributed by atoms with Gasteiger partial charge in [0.25, 0.3) is 5.91 Å². The number of amides is 1. The average molecular weight is 701 g/mol. The summed E-state index contributed by atoms with van der Waals surface area (Å²) in [7, 11) is -1.88. The van der Waals surface area contributed by atoms with Crippen LogP contribution in [0.2, 0.25) is 0 Å². The van der Waals surface area contributed by atoms with Crippen molar-refractivity contribution in [3.05, 3.63) is 89.5 Å². The van der Waals surface area contributed by atoms with Crippen LogP contribution in [-0.4, -0.2) is 78.9 Å². The summed E-state index contributed by atoms with van der Waals surface area (Å²) in [5.74, 6) is -0.278. The van der Waals surface area contributed by atoms with Crippen LogP contribution in [0.4, 0.5) is 27.6 Å². The number of sulfone groups is 1. The standard InChI is InChI=1S/C33H37F5N2O7S/c1-3-48(42,43)29-14-6-22(7-15-29)30(21-45-17-16-44-2)39-31(41)23-4-10-25(11-5-23)40-19-28(18-26(40)20-46-32(34)35)47-27-12-8-24(9-13-27)33(36,37)38/h4-15,26,28,30,32H,3,16-21H2,1-2H3,(H,39,41)/t26-,28-,30-/m0/s1. The SMILES string of the molecule is CCS(=O)(=O)c1ccc([C@H](COCCOC)NC(=O)c2ccc(N3C[C@@H](Oc4ccc(C(F)(F)F)cc4)C[C@H]3COC(F)F)cc2)cc1. The van der Waals surface area contributed by atoms with E-state index in [9.17, 15) is 35.2 Å². The lowest BCUT2D eigenvalue weighted by Crippen LogP contribution is -2.34. The first-order chi connectivity index (χ1) is 22.8. The Bertz CT molecular complexity index is 1570. The molecule has 0 radical (unpaired) electrons. The Balaban J connectivity index is 1.47. The minimum atomic E-state index is -4.49. The van der Waals surface area contributed by atoms with Crippen LogP contribution in [0.3, 0.4) is 0 Å². The lowest BCUT2D eigenvalue weighted by Gasteiger charge is -2.26. The van der Waals surface area contributed by atoms with Crippen molar-refractivity contribution in [1.29, 1.82) is 0 Å². The van der Waals surface area contributed by atoms with Gasteiger partial charge in [-0.05, 0) is 66.2 Å². The maximum Gasteiger partial charge on any atom is 0.416 e. The Morgan fingerprint density at radius 3 is 2.23 bits per heavy atom. The summed E-state index contributed by atoms with van der Waals surface area (Å²) in [4.78, 5) is 15.3. The molecule has 0 spiro atoms. The number of rotatable bonds is 16. The van der Waals surface area contributed by atoms with E-state index in [-0.39, 0.29) is 49.2 Å². The molecule has 1 amide bonds. The molecule has 0 bridgehead atoms. The van der Waals surface area contributed by atoms with Crippen molar-refractivity contribution in [3.63, 3.8) is 0 Å². The monoisotopic (exact) mass is 700 g/mol. The highest BCUT2D eigenvalue weighted by atomic mass is 32.2. The zero-order valence-electron chi connectivity index (χ0n) is 26.3. The number of alkyl halides is 5. The minimum absolute atomic E-state index is 0.0487. The second kappa shape index (κ2) is 16.5. The molecule has 9 nitrogen and oxygen atoms in total. The van der Waals surface area contributed by atoms with Gasteiger partial charge < -0.3 is 29.2 Å². The van der Waals surface area contributed by atoms with E-state index in [0.717, 1.165) is 12.1 Å². The summed E-state index contributed by atoms with van der Waals surface area (Å²) in [5, 5.41) is 2.92. The molecule has 0 aliphatic carbocycles. The number of ether oxygens (including phenoxy) is 4. The zero-order valence-corrected chi connectivity index (χ0v) is 27.1. The van der Waals surface area contributed by atoms with E-state index >= 15 is 0 Å². The van der Waals surface area contributed by atoms with Gasteiger partial charge in [-0.25, -0.2) is 8.42 Å². The molecule has 0 saturated carbocycles. The highest BCUT2D eigenvalue weighted by Gasteiger charge is 2.35. The van der Waals surface area contributed by atoms with Crippen LogP contribution in [0, 0.1) is 0 Å². The molecule has 0 unspecified atom stereocenters. The van der Waals surface area contributed by atoms with Crippen LogP contribution in [0.1, 0.15) is 40.9 Å². The lowest BCUT2D eigenvalue weighted by molar-refractivity contribution is -0.137. The van der Waals surface area contributed by atoms with Crippen LogP contribution in [0.25, 0.3) is 0 Å². The molecule has 3 atom stereocenters. The van der Waals surface area contributed by atoms with E-state index in [1.165, 1.54) is 31.4 Å². The van der Waals surface area contributed by atoms with Gasteiger partial charge in [-0.1, -0.05) is 19.1 Å². The summed E-state index contributed by atoms with van der Waals surface area (Å²) in [6.45, 7) is -0.831. The number of nitrogens with zero attached hydrogens (tertiary/aromatic N) is 1. The van der Waals surface area contributed by atoms with E-state index in [1.807, 2.05) is 0 Å².